The van der Waals surface area contributed by atoms with E-state index in [0.29, 0.717) is 0 Å². The molecule has 0 aliphatic heterocycles. The van der Waals surface area contributed by atoms with Gasteiger partial charge in [-0.15, -0.1) is 11.3 Å². The summed E-state index contributed by atoms with van der Waals surface area (Å²) in [5.74, 6) is 0.0425. The van der Waals surface area contributed by atoms with Gasteiger partial charge in [0, 0.05) is 16.5 Å². The van der Waals surface area contributed by atoms with Gasteiger partial charge in [0.15, 0.2) is 0 Å². The van der Waals surface area contributed by atoms with Crippen molar-refractivity contribution in [3.63, 3.8) is 0 Å². The van der Waals surface area contributed by atoms with E-state index in [2.05, 4.69) is 23.6 Å². The molecule has 1 heterocycles. The van der Waals surface area contributed by atoms with Crippen LogP contribution in [0.25, 0.3) is 0 Å². The highest BCUT2D eigenvalue weighted by atomic mass is 32.1. The second-order valence-electron chi connectivity index (χ2n) is 5.36. The van der Waals surface area contributed by atoms with Crippen LogP contribution in [-0.4, -0.2) is 17.5 Å². The number of hydrogen-bond acceptors (Lipinski definition) is 3. The molecule has 96 valence electrons. The Kier molecular flexibility index (Phi) is 4.71. The van der Waals surface area contributed by atoms with Crippen molar-refractivity contribution in [3.05, 3.63) is 22.4 Å². The predicted octanol–water partition coefficient (Wildman–Crippen LogP) is 2.70. The lowest BCUT2D eigenvalue weighted by atomic mass is 10.1. The number of rotatable bonds is 4. The van der Waals surface area contributed by atoms with Crippen molar-refractivity contribution in [2.45, 2.75) is 52.2 Å². The molecule has 1 amide bonds. The van der Waals surface area contributed by atoms with Crippen LogP contribution in [0.2, 0.25) is 0 Å². The average Bonchev–Trinajstić information content (AvgIpc) is 2.67. The molecule has 0 aliphatic carbocycles. The van der Waals surface area contributed by atoms with Crippen molar-refractivity contribution in [2.24, 2.45) is 0 Å². The molecule has 0 radical (unpaired) electrons. The van der Waals surface area contributed by atoms with Crippen LogP contribution >= 0.6 is 11.3 Å². The minimum Gasteiger partial charge on any atom is -0.350 e. The number of thiophene rings is 1. The molecule has 1 aromatic heterocycles. The molecule has 2 N–H and O–H groups in total. The Hall–Kier alpha value is -0.870. The van der Waals surface area contributed by atoms with E-state index >= 15 is 0 Å². The first-order valence-electron chi connectivity index (χ1n) is 5.91. The SMILES string of the molecule is CC(N[C@@H](C)c1cccs1)C(=O)NC(C)(C)C. The monoisotopic (exact) mass is 254 g/mol. The topological polar surface area (TPSA) is 41.1 Å². The van der Waals surface area contributed by atoms with Crippen LogP contribution in [0.1, 0.15) is 45.5 Å². The van der Waals surface area contributed by atoms with Gasteiger partial charge in [0.2, 0.25) is 5.91 Å². The lowest BCUT2D eigenvalue weighted by Gasteiger charge is -2.25. The van der Waals surface area contributed by atoms with Gasteiger partial charge >= 0.3 is 0 Å². The molecular formula is C13H22N2OS. The maximum absolute atomic E-state index is 11.9. The van der Waals surface area contributed by atoms with Crippen molar-refractivity contribution in [1.29, 1.82) is 0 Å². The Morgan fingerprint density at radius 3 is 2.47 bits per heavy atom. The highest BCUT2D eigenvalue weighted by molar-refractivity contribution is 7.10. The van der Waals surface area contributed by atoms with Crippen LogP contribution in [-0.2, 0) is 4.79 Å². The van der Waals surface area contributed by atoms with Gasteiger partial charge in [-0.1, -0.05) is 6.07 Å². The summed E-state index contributed by atoms with van der Waals surface area (Å²) >= 11 is 1.70. The Bertz CT molecular complexity index is 354. The molecule has 0 saturated heterocycles. The van der Waals surface area contributed by atoms with E-state index in [9.17, 15) is 4.79 Å². The van der Waals surface area contributed by atoms with Crippen LogP contribution in [0.5, 0.6) is 0 Å². The fourth-order valence-corrected chi connectivity index (χ4v) is 2.29. The minimum atomic E-state index is -0.189. The fourth-order valence-electron chi connectivity index (χ4n) is 1.55. The molecule has 4 heteroatoms. The van der Waals surface area contributed by atoms with Crippen molar-refractivity contribution in [3.8, 4) is 0 Å². The smallest absolute Gasteiger partial charge is 0.237 e. The van der Waals surface area contributed by atoms with E-state index < -0.39 is 0 Å². The summed E-state index contributed by atoms with van der Waals surface area (Å²) in [6, 6.07) is 4.12. The second kappa shape index (κ2) is 5.65. The first kappa shape index (κ1) is 14.2. The lowest BCUT2D eigenvalue weighted by Crippen LogP contribution is -2.49. The molecule has 0 fully saturated rings. The van der Waals surface area contributed by atoms with Gasteiger partial charge in [-0.05, 0) is 46.1 Å². The van der Waals surface area contributed by atoms with Gasteiger partial charge in [0.05, 0.1) is 6.04 Å². The zero-order chi connectivity index (χ0) is 13.1. The molecular weight excluding hydrogens is 232 g/mol. The highest BCUT2D eigenvalue weighted by Crippen LogP contribution is 2.18. The standard InChI is InChI=1S/C13H22N2OS/c1-9(11-7-6-8-17-11)14-10(2)12(16)15-13(3,4)5/h6-10,14H,1-5H3,(H,15,16)/t9-,10?/m0/s1. The number of amides is 1. The van der Waals surface area contributed by atoms with Crippen molar-refractivity contribution < 1.29 is 4.79 Å². The number of carbonyl (C=O) groups is 1. The molecule has 1 aromatic rings. The maximum atomic E-state index is 11.9. The number of hydrogen-bond donors (Lipinski definition) is 2. The quantitative estimate of drug-likeness (QED) is 0.867. The predicted molar refractivity (Wildman–Crippen MR) is 73.2 cm³/mol. The Morgan fingerprint density at radius 2 is 2.00 bits per heavy atom. The van der Waals surface area contributed by atoms with Gasteiger partial charge in [0.25, 0.3) is 0 Å². The molecule has 1 unspecified atom stereocenters. The summed E-state index contributed by atoms with van der Waals surface area (Å²) < 4.78 is 0. The average molecular weight is 254 g/mol. The molecule has 17 heavy (non-hydrogen) atoms. The summed E-state index contributed by atoms with van der Waals surface area (Å²) in [6.45, 7) is 9.93. The van der Waals surface area contributed by atoms with Gasteiger partial charge in [-0.2, -0.15) is 0 Å². The molecule has 2 atom stereocenters. The third kappa shape index (κ3) is 4.88. The van der Waals surface area contributed by atoms with Crippen LogP contribution < -0.4 is 10.6 Å². The van der Waals surface area contributed by atoms with E-state index in [0.717, 1.165) is 0 Å². The first-order valence-corrected chi connectivity index (χ1v) is 6.79. The summed E-state index contributed by atoms with van der Waals surface area (Å²) in [5.41, 5.74) is -0.181. The molecule has 1 rings (SSSR count). The van der Waals surface area contributed by atoms with E-state index in [1.807, 2.05) is 39.1 Å². The van der Waals surface area contributed by atoms with Crippen molar-refractivity contribution in [2.75, 3.05) is 0 Å². The summed E-state index contributed by atoms with van der Waals surface area (Å²) in [6.07, 6.45) is 0. The highest BCUT2D eigenvalue weighted by Gasteiger charge is 2.20. The third-order valence-corrected chi connectivity index (χ3v) is 3.42. The van der Waals surface area contributed by atoms with Crippen LogP contribution in [0.3, 0.4) is 0 Å². The van der Waals surface area contributed by atoms with Gasteiger partial charge in [0.1, 0.15) is 0 Å². The van der Waals surface area contributed by atoms with E-state index in [1.54, 1.807) is 11.3 Å². The molecule has 0 aromatic carbocycles. The zero-order valence-corrected chi connectivity index (χ0v) is 12.0. The van der Waals surface area contributed by atoms with Crippen LogP contribution in [0, 0.1) is 0 Å². The summed E-state index contributed by atoms with van der Waals surface area (Å²) in [5, 5.41) is 8.32. The second-order valence-corrected chi connectivity index (χ2v) is 6.34. The third-order valence-electron chi connectivity index (χ3n) is 2.36. The molecule has 0 bridgehead atoms. The lowest BCUT2D eigenvalue weighted by molar-refractivity contribution is -0.124. The molecule has 3 nitrogen and oxygen atoms in total. The zero-order valence-electron chi connectivity index (χ0n) is 11.2. The van der Waals surface area contributed by atoms with Crippen LogP contribution in [0.15, 0.2) is 17.5 Å². The largest absolute Gasteiger partial charge is 0.350 e. The maximum Gasteiger partial charge on any atom is 0.237 e. The van der Waals surface area contributed by atoms with Crippen LogP contribution in [0.4, 0.5) is 0 Å². The van der Waals surface area contributed by atoms with E-state index in [1.165, 1.54) is 4.88 Å². The van der Waals surface area contributed by atoms with Crippen molar-refractivity contribution >= 4 is 17.2 Å². The minimum absolute atomic E-state index is 0.0425. The normalized spacial score (nSPS) is 15.4. The van der Waals surface area contributed by atoms with Gasteiger partial charge in [-0.25, -0.2) is 0 Å². The molecule has 0 spiro atoms. The van der Waals surface area contributed by atoms with Gasteiger partial charge < -0.3 is 5.32 Å². The number of carbonyl (C=O) groups excluding carboxylic acids is 1. The Morgan fingerprint density at radius 1 is 1.35 bits per heavy atom. The van der Waals surface area contributed by atoms with Crippen molar-refractivity contribution in [1.82, 2.24) is 10.6 Å². The Balaban J connectivity index is 2.49. The summed E-state index contributed by atoms with van der Waals surface area (Å²) in [4.78, 5) is 13.1. The van der Waals surface area contributed by atoms with E-state index in [4.69, 9.17) is 0 Å². The summed E-state index contributed by atoms with van der Waals surface area (Å²) in [7, 11) is 0. The Labute approximate surface area is 108 Å². The number of nitrogens with one attached hydrogen (secondary N) is 2. The molecule has 0 saturated carbocycles. The van der Waals surface area contributed by atoms with E-state index in [-0.39, 0.29) is 23.5 Å². The molecule has 0 aliphatic rings. The first-order chi connectivity index (χ1) is 7.79. The fraction of sp³-hybridized carbons (Fsp3) is 0.615. The van der Waals surface area contributed by atoms with Gasteiger partial charge in [-0.3, -0.25) is 10.1 Å².